The second-order valence-corrected chi connectivity index (χ2v) is 6.74. The molecule has 2 rings (SSSR count). The minimum absolute atomic E-state index is 0.182. The van der Waals surface area contributed by atoms with Crippen molar-refractivity contribution < 1.29 is 19.8 Å². The number of nitrogens with zero attached hydrogens (tertiary/aromatic N) is 1. The molecule has 0 heterocycles. The number of carboxylic acid groups (broad SMARTS) is 1. The number of carboxylic acids is 1. The van der Waals surface area contributed by atoms with Crippen LogP contribution in [0.3, 0.4) is 0 Å². The van der Waals surface area contributed by atoms with Crippen molar-refractivity contribution in [3.8, 4) is 0 Å². The van der Waals surface area contributed by atoms with Crippen LogP contribution < -0.4 is 11.2 Å². The van der Waals surface area contributed by atoms with Gasteiger partial charge in [-0.05, 0) is 36.0 Å². The fourth-order valence-electron chi connectivity index (χ4n) is 3.20. The minimum Gasteiger partial charge on any atom is -0.481 e. The molecule has 1 aromatic rings. The number of urea groups is 1. The maximum atomic E-state index is 11.0. The average molecular weight is 385 g/mol. The Bertz CT molecular complexity index is 769. The highest BCUT2D eigenvalue weighted by molar-refractivity contribution is 6.05. The van der Waals surface area contributed by atoms with Crippen molar-refractivity contribution in [2.75, 3.05) is 0 Å². The Morgan fingerprint density at radius 3 is 2.54 bits per heavy atom. The van der Waals surface area contributed by atoms with Gasteiger partial charge in [0.1, 0.15) is 0 Å². The van der Waals surface area contributed by atoms with E-state index in [0.29, 0.717) is 25.0 Å². The van der Waals surface area contributed by atoms with Gasteiger partial charge in [0.15, 0.2) is 0 Å². The molecule has 1 aliphatic carbocycles. The molecule has 0 saturated carbocycles. The first-order valence-electron chi connectivity index (χ1n) is 9.45. The summed E-state index contributed by atoms with van der Waals surface area (Å²) in [7, 11) is 0. The van der Waals surface area contributed by atoms with E-state index in [0.717, 1.165) is 36.0 Å². The molecule has 1 unspecified atom stereocenters. The van der Waals surface area contributed by atoms with Crippen molar-refractivity contribution in [1.29, 1.82) is 0 Å². The van der Waals surface area contributed by atoms with Gasteiger partial charge in [-0.1, -0.05) is 55.3 Å². The van der Waals surface area contributed by atoms with Gasteiger partial charge in [0.05, 0.1) is 11.8 Å². The van der Waals surface area contributed by atoms with Crippen LogP contribution in [0, 0.1) is 0 Å². The molecule has 0 aliphatic heterocycles. The fraction of sp³-hybridized carbons (Fsp3) is 0.381. The second-order valence-electron chi connectivity index (χ2n) is 6.74. The van der Waals surface area contributed by atoms with Gasteiger partial charge >= 0.3 is 12.0 Å². The molecule has 7 heteroatoms. The number of carbonyl (C=O) groups is 2. The molecular weight excluding hydrogens is 358 g/mol. The number of aliphatic hydroxyl groups excluding tert-OH is 1. The predicted molar refractivity (Wildman–Crippen MR) is 109 cm³/mol. The molecule has 5 N–H and O–H groups in total. The lowest BCUT2D eigenvalue weighted by atomic mass is 10.0. The summed E-state index contributed by atoms with van der Waals surface area (Å²) in [4.78, 5) is 21.6. The average Bonchev–Trinajstić information content (AvgIpc) is 2.96. The SMILES string of the molecule is NC(=O)NN=C1CC(O)C(C=Cc2ccccc2)=C1CCCCCCC(=O)O. The summed E-state index contributed by atoms with van der Waals surface area (Å²) in [6, 6.07) is 9.04. The number of hydrogen-bond acceptors (Lipinski definition) is 4. The molecule has 150 valence electrons. The van der Waals surface area contributed by atoms with Crippen LogP contribution in [0.5, 0.6) is 0 Å². The number of rotatable bonds is 10. The lowest BCUT2D eigenvalue weighted by molar-refractivity contribution is -0.137. The van der Waals surface area contributed by atoms with Crippen LogP contribution in [-0.4, -0.2) is 34.0 Å². The third-order valence-corrected chi connectivity index (χ3v) is 4.57. The lowest BCUT2D eigenvalue weighted by Crippen LogP contribution is -2.26. The summed E-state index contributed by atoms with van der Waals surface area (Å²) < 4.78 is 0. The van der Waals surface area contributed by atoms with Crippen LogP contribution in [0.1, 0.15) is 50.5 Å². The topological polar surface area (TPSA) is 125 Å². The smallest absolute Gasteiger partial charge is 0.332 e. The molecule has 0 spiro atoms. The molecule has 0 saturated heterocycles. The molecule has 0 aromatic heterocycles. The number of primary amides is 1. The number of aliphatic hydroxyl groups is 1. The van der Waals surface area contributed by atoms with Crippen LogP contribution in [0.4, 0.5) is 4.79 Å². The van der Waals surface area contributed by atoms with Gasteiger partial charge in [-0.25, -0.2) is 10.2 Å². The van der Waals surface area contributed by atoms with Gasteiger partial charge < -0.3 is 15.9 Å². The van der Waals surface area contributed by atoms with E-state index in [1.807, 2.05) is 42.5 Å². The third kappa shape index (κ3) is 7.00. The molecule has 1 aromatic carbocycles. The van der Waals surface area contributed by atoms with Gasteiger partial charge in [-0.2, -0.15) is 5.10 Å². The standard InChI is InChI=1S/C21H27N3O4/c22-21(28)24-23-18-14-19(25)17(13-12-15-8-4-3-5-9-15)16(18)10-6-1-2-7-11-20(26)27/h3-5,8-9,12-13,19,25H,1-2,6-7,10-11,14H2,(H,26,27)(H3,22,24,28). The number of carbonyl (C=O) groups excluding carboxylic acids is 1. The summed E-state index contributed by atoms with van der Waals surface area (Å²) in [5.74, 6) is -0.776. The van der Waals surface area contributed by atoms with Crippen molar-refractivity contribution in [3.05, 3.63) is 53.1 Å². The van der Waals surface area contributed by atoms with Gasteiger partial charge in [-0.15, -0.1) is 0 Å². The minimum atomic E-state index is -0.776. The Labute approximate surface area is 164 Å². The number of hydrogen-bond donors (Lipinski definition) is 4. The largest absolute Gasteiger partial charge is 0.481 e. The highest BCUT2D eigenvalue weighted by Crippen LogP contribution is 2.30. The number of hydrazone groups is 1. The first kappa shape index (κ1) is 21.4. The van der Waals surface area contributed by atoms with Crippen LogP contribution in [0.25, 0.3) is 6.08 Å². The van der Waals surface area contributed by atoms with E-state index < -0.39 is 18.1 Å². The summed E-state index contributed by atoms with van der Waals surface area (Å²) in [6.45, 7) is 0. The van der Waals surface area contributed by atoms with Crippen LogP contribution in [0.2, 0.25) is 0 Å². The van der Waals surface area contributed by atoms with Crippen LogP contribution in [0.15, 0.2) is 52.7 Å². The van der Waals surface area contributed by atoms with Crippen molar-refractivity contribution in [2.24, 2.45) is 10.8 Å². The van der Waals surface area contributed by atoms with Crippen molar-refractivity contribution in [1.82, 2.24) is 5.43 Å². The lowest BCUT2D eigenvalue weighted by Gasteiger charge is -2.07. The Morgan fingerprint density at radius 1 is 1.14 bits per heavy atom. The Balaban J connectivity index is 2.10. The first-order chi connectivity index (χ1) is 13.5. The van der Waals surface area contributed by atoms with E-state index in [1.54, 1.807) is 0 Å². The van der Waals surface area contributed by atoms with E-state index in [-0.39, 0.29) is 6.42 Å². The van der Waals surface area contributed by atoms with Gasteiger partial charge in [0.25, 0.3) is 0 Å². The van der Waals surface area contributed by atoms with Crippen LogP contribution in [-0.2, 0) is 4.79 Å². The number of nitrogens with two attached hydrogens (primary N) is 1. The normalized spacial score (nSPS) is 18.2. The number of aliphatic carboxylic acids is 1. The maximum Gasteiger partial charge on any atom is 0.332 e. The maximum absolute atomic E-state index is 11.0. The van der Waals surface area contributed by atoms with Crippen molar-refractivity contribution in [3.63, 3.8) is 0 Å². The van der Waals surface area contributed by atoms with E-state index in [4.69, 9.17) is 10.8 Å². The van der Waals surface area contributed by atoms with Crippen molar-refractivity contribution >= 4 is 23.8 Å². The molecule has 0 bridgehead atoms. The zero-order valence-corrected chi connectivity index (χ0v) is 15.8. The number of allylic oxidation sites excluding steroid dienone is 1. The monoisotopic (exact) mass is 385 g/mol. The molecule has 28 heavy (non-hydrogen) atoms. The van der Waals surface area contributed by atoms with Gasteiger partial charge in [0.2, 0.25) is 0 Å². The van der Waals surface area contributed by atoms with E-state index >= 15 is 0 Å². The third-order valence-electron chi connectivity index (χ3n) is 4.57. The first-order valence-corrected chi connectivity index (χ1v) is 9.45. The van der Waals surface area contributed by atoms with E-state index in [9.17, 15) is 14.7 Å². The Morgan fingerprint density at radius 2 is 1.86 bits per heavy atom. The molecule has 1 aliphatic rings. The summed E-state index contributed by atoms with van der Waals surface area (Å²) in [5, 5.41) is 23.2. The molecule has 2 amide bonds. The number of unbranched alkanes of at least 4 members (excludes halogenated alkanes) is 3. The predicted octanol–water partition coefficient (Wildman–Crippen LogP) is 3.21. The molecule has 7 nitrogen and oxygen atoms in total. The second kappa shape index (κ2) is 11.0. The summed E-state index contributed by atoms with van der Waals surface area (Å²) >= 11 is 0. The number of nitrogens with one attached hydrogen (secondary N) is 1. The van der Waals surface area contributed by atoms with Crippen LogP contribution >= 0.6 is 0 Å². The quantitative estimate of drug-likeness (QED) is 0.364. The highest BCUT2D eigenvalue weighted by Gasteiger charge is 2.27. The zero-order chi connectivity index (χ0) is 20.4. The zero-order valence-electron chi connectivity index (χ0n) is 15.8. The van der Waals surface area contributed by atoms with Gasteiger partial charge in [0, 0.05) is 12.8 Å². The molecular formula is C21H27N3O4. The molecule has 0 radical (unpaired) electrons. The Kier molecular flexibility index (Phi) is 8.42. The molecule has 1 atom stereocenters. The number of amides is 2. The molecule has 0 fully saturated rings. The number of benzene rings is 1. The van der Waals surface area contributed by atoms with Crippen molar-refractivity contribution in [2.45, 2.75) is 51.0 Å². The van der Waals surface area contributed by atoms with E-state index in [2.05, 4.69) is 10.5 Å². The Hall–Kier alpha value is -2.93. The van der Waals surface area contributed by atoms with E-state index in [1.165, 1.54) is 0 Å². The highest BCUT2D eigenvalue weighted by atomic mass is 16.4. The summed E-state index contributed by atoms with van der Waals surface area (Å²) in [5.41, 5.74) is 10.7. The summed E-state index contributed by atoms with van der Waals surface area (Å²) in [6.07, 6.45) is 7.57. The van der Waals surface area contributed by atoms with Gasteiger partial charge in [-0.3, -0.25) is 4.79 Å². The fourth-order valence-corrected chi connectivity index (χ4v) is 3.20.